The van der Waals surface area contributed by atoms with E-state index in [2.05, 4.69) is 26.7 Å². The summed E-state index contributed by atoms with van der Waals surface area (Å²) in [4.78, 5) is 24.5. The van der Waals surface area contributed by atoms with Crippen LogP contribution in [0.4, 0.5) is 26.3 Å². The van der Waals surface area contributed by atoms with E-state index in [0.29, 0.717) is 19.7 Å². The van der Waals surface area contributed by atoms with E-state index in [0.717, 1.165) is 24.5 Å². The summed E-state index contributed by atoms with van der Waals surface area (Å²) >= 11 is 0. The van der Waals surface area contributed by atoms with Crippen LogP contribution in [0, 0.1) is 6.92 Å². The molecule has 0 fully saturated rings. The monoisotopic (exact) mass is 605 g/mol. The fraction of sp³-hybridized carbons (Fsp3) is 0.522. The lowest BCUT2D eigenvalue weighted by atomic mass is 10.3. The van der Waals surface area contributed by atoms with Crippen LogP contribution in [0.5, 0.6) is 0 Å². The molecule has 0 aliphatic carbocycles. The molecule has 17 heteroatoms. The van der Waals surface area contributed by atoms with Gasteiger partial charge in [0, 0.05) is 49.5 Å². The lowest BCUT2D eigenvalue weighted by Crippen LogP contribution is -2.36. The number of alkyl halides is 6. The summed E-state index contributed by atoms with van der Waals surface area (Å²) in [6.45, 7) is 6.89. The molecule has 2 aromatic heterocycles. The fourth-order valence-corrected chi connectivity index (χ4v) is 4.03. The van der Waals surface area contributed by atoms with E-state index in [1.807, 2.05) is 31.2 Å². The standard InChI is InChI=1S/C19H27N3O3S.2C2HF3O2/c1-3-26(23,24)11-10-21-12-18-8-5-9-22(18)14-19(13-21)25-15-17-7-4-6-16(2)20-17;2*3-2(4,5)1(6)7/h4-9,19H,3,10-15H2,1-2H3;2*(H,6,7). The summed E-state index contributed by atoms with van der Waals surface area (Å²) in [7, 11) is -2.97. The number of fused-ring (bicyclic) bond motifs is 1. The van der Waals surface area contributed by atoms with Crippen LogP contribution in [-0.2, 0) is 43.9 Å². The highest BCUT2D eigenvalue weighted by Crippen LogP contribution is 2.17. The first-order valence-electron chi connectivity index (χ1n) is 11.5. The Balaban J connectivity index is 0.000000473. The maximum Gasteiger partial charge on any atom is 0.490 e. The van der Waals surface area contributed by atoms with Gasteiger partial charge in [0.05, 0.1) is 24.2 Å². The molecule has 2 N–H and O–H groups in total. The second-order valence-electron chi connectivity index (χ2n) is 8.43. The van der Waals surface area contributed by atoms with Crippen LogP contribution in [-0.4, -0.2) is 88.1 Å². The molecule has 40 heavy (non-hydrogen) atoms. The third-order valence-corrected chi connectivity index (χ3v) is 6.91. The molecule has 226 valence electrons. The molecule has 0 spiro atoms. The lowest BCUT2D eigenvalue weighted by Gasteiger charge is -2.24. The Morgan fingerprint density at radius 2 is 1.60 bits per heavy atom. The van der Waals surface area contributed by atoms with Gasteiger partial charge in [-0.25, -0.2) is 18.0 Å². The van der Waals surface area contributed by atoms with Gasteiger partial charge in [-0.15, -0.1) is 0 Å². The van der Waals surface area contributed by atoms with Gasteiger partial charge in [-0.2, -0.15) is 26.3 Å². The predicted octanol–water partition coefficient (Wildman–Crippen LogP) is 3.29. The normalized spacial score (nSPS) is 15.9. The van der Waals surface area contributed by atoms with Crippen molar-refractivity contribution in [2.24, 2.45) is 0 Å². The van der Waals surface area contributed by atoms with Gasteiger partial charge in [-0.1, -0.05) is 13.0 Å². The van der Waals surface area contributed by atoms with Gasteiger partial charge in [0.1, 0.15) is 0 Å². The molecule has 0 saturated heterocycles. The second-order valence-corrected chi connectivity index (χ2v) is 10.9. The minimum absolute atomic E-state index is 0.00436. The third kappa shape index (κ3) is 13.3. The number of sulfone groups is 1. The van der Waals surface area contributed by atoms with Crippen molar-refractivity contribution >= 4 is 21.8 Å². The molecule has 2 aromatic rings. The van der Waals surface area contributed by atoms with E-state index in [4.69, 9.17) is 24.5 Å². The Kier molecular flexibility index (Phi) is 13.1. The van der Waals surface area contributed by atoms with Crippen LogP contribution in [0.3, 0.4) is 0 Å². The van der Waals surface area contributed by atoms with Crippen LogP contribution in [0.15, 0.2) is 36.5 Å². The SMILES string of the molecule is CCS(=O)(=O)CCN1Cc2cccn2CC(OCc2cccc(C)n2)C1.O=C(O)C(F)(F)F.O=C(O)C(F)(F)F. The number of hydrogen-bond donors (Lipinski definition) is 2. The average molecular weight is 606 g/mol. The number of pyridine rings is 1. The van der Waals surface area contributed by atoms with E-state index < -0.39 is 34.1 Å². The van der Waals surface area contributed by atoms with Crippen LogP contribution >= 0.6 is 0 Å². The van der Waals surface area contributed by atoms with E-state index in [-0.39, 0.29) is 17.6 Å². The fourth-order valence-electron chi connectivity index (χ4n) is 3.20. The predicted molar refractivity (Wildman–Crippen MR) is 129 cm³/mol. The quantitative estimate of drug-likeness (QED) is 0.455. The van der Waals surface area contributed by atoms with E-state index >= 15 is 0 Å². The number of aryl methyl sites for hydroxylation is 1. The van der Waals surface area contributed by atoms with Crippen molar-refractivity contribution in [1.29, 1.82) is 0 Å². The van der Waals surface area contributed by atoms with Crippen LogP contribution < -0.4 is 0 Å². The van der Waals surface area contributed by atoms with Crippen LogP contribution in [0.2, 0.25) is 0 Å². The molecule has 1 atom stereocenters. The number of halogens is 6. The van der Waals surface area contributed by atoms with E-state index in [9.17, 15) is 34.8 Å². The minimum Gasteiger partial charge on any atom is -0.475 e. The Morgan fingerprint density at radius 1 is 1.02 bits per heavy atom. The van der Waals surface area contributed by atoms with Crippen molar-refractivity contribution < 1.29 is 59.3 Å². The van der Waals surface area contributed by atoms with Gasteiger partial charge in [-0.05, 0) is 31.2 Å². The molecule has 1 unspecified atom stereocenters. The first-order chi connectivity index (χ1) is 18.3. The molecule has 0 amide bonds. The number of carboxylic acid groups (broad SMARTS) is 2. The smallest absolute Gasteiger partial charge is 0.475 e. The van der Waals surface area contributed by atoms with Crippen LogP contribution in [0.1, 0.15) is 24.0 Å². The van der Waals surface area contributed by atoms with Crippen molar-refractivity contribution in [3.63, 3.8) is 0 Å². The summed E-state index contributed by atoms with van der Waals surface area (Å²) in [5.41, 5.74) is 3.09. The number of aliphatic carboxylic acids is 2. The van der Waals surface area contributed by atoms with Crippen LogP contribution in [0.25, 0.3) is 0 Å². The number of hydrogen-bond acceptors (Lipinski definition) is 7. The highest BCUT2D eigenvalue weighted by atomic mass is 32.2. The molecule has 10 nitrogen and oxygen atoms in total. The van der Waals surface area contributed by atoms with Gasteiger partial charge in [0.2, 0.25) is 0 Å². The summed E-state index contributed by atoms with van der Waals surface area (Å²) < 4.78 is 95.6. The van der Waals surface area contributed by atoms with Crippen molar-refractivity contribution in [3.05, 3.63) is 53.6 Å². The summed E-state index contributed by atoms with van der Waals surface area (Å²) in [5.74, 6) is -5.13. The zero-order valence-corrected chi connectivity index (χ0v) is 22.3. The molecule has 1 aliphatic heterocycles. The molecule has 0 bridgehead atoms. The molecule has 0 saturated carbocycles. The molecule has 1 aliphatic rings. The number of carbonyl (C=O) groups is 2. The molecule has 0 radical (unpaired) electrons. The van der Waals surface area contributed by atoms with Crippen molar-refractivity contribution in [3.8, 4) is 0 Å². The zero-order chi connectivity index (χ0) is 30.7. The topological polar surface area (TPSA) is 139 Å². The van der Waals surface area contributed by atoms with E-state index in [1.165, 1.54) is 5.69 Å². The van der Waals surface area contributed by atoms with Gasteiger partial charge in [-0.3, -0.25) is 9.88 Å². The molecule has 3 heterocycles. The third-order valence-electron chi connectivity index (χ3n) is 5.23. The van der Waals surface area contributed by atoms with Crippen molar-refractivity contribution in [1.82, 2.24) is 14.5 Å². The first-order valence-corrected chi connectivity index (χ1v) is 13.4. The van der Waals surface area contributed by atoms with Gasteiger partial charge in [0.25, 0.3) is 0 Å². The van der Waals surface area contributed by atoms with Gasteiger partial charge >= 0.3 is 24.3 Å². The maximum absolute atomic E-state index is 11.9. The first kappa shape index (κ1) is 34.8. The lowest BCUT2D eigenvalue weighted by molar-refractivity contribution is -0.193. The minimum atomic E-state index is -5.08. The number of aromatic nitrogens is 2. The molecular formula is C23H29F6N3O7S. The van der Waals surface area contributed by atoms with Crippen molar-refractivity contribution in [2.75, 3.05) is 24.6 Å². The summed E-state index contributed by atoms with van der Waals surface area (Å²) in [6.07, 6.45) is -8.11. The Bertz CT molecular complexity index is 1190. The van der Waals surface area contributed by atoms with Gasteiger partial charge < -0.3 is 19.5 Å². The Labute approximate surface area is 226 Å². The number of nitrogens with zero attached hydrogens (tertiary/aromatic N) is 3. The molecular weight excluding hydrogens is 576 g/mol. The molecule has 3 rings (SSSR count). The Hall–Kier alpha value is -3.18. The largest absolute Gasteiger partial charge is 0.490 e. The summed E-state index contributed by atoms with van der Waals surface area (Å²) in [5, 5.41) is 14.2. The zero-order valence-electron chi connectivity index (χ0n) is 21.4. The van der Waals surface area contributed by atoms with Gasteiger partial charge in [0.15, 0.2) is 9.84 Å². The highest BCUT2D eigenvalue weighted by Gasteiger charge is 2.38. The maximum atomic E-state index is 11.9. The number of carboxylic acids is 2. The van der Waals surface area contributed by atoms with Crippen molar-refractivity contribution in [2.45, 2.75) is 52.0 Å². The summed E-state index contributed by atoms with van der Waals surface area (Å²) in [6, 6.07) is 10.0. The highest BCUT2D eigenvalue weighted by molar-refractivity contribution is 7.91. The molecule has 0 aromatic carbocycles. The average Bonchev–Trinajstić information content (AvgIpc) is 3.19. The Morgan fingerprint density at radius 3 is 2.10 bits per heavy atom. The number of rotatable bonds is 7. The second kappa shape index (κ2) is 15.0. The van der Waals surface area contributed by atoms with E-state index in [1.54, 1.807) is 6.92 Å². The number of ether oxygens (including phenoxy) is 1.